The second kappa shape index (κ2) is 13.9. The summed E-state index contributed by atoms with van der Waals surface area (Å²) >= 11 is 0. The molecule has 51 heavy (non-hydrogen) atoms. The number of nitrogens with zero attached hydrogens (tertiary/aromatic N) is 2. The van der Waals surface area contributed by atoms with Gasteiger partial charge in [0.2, 0.25) is 11.3 Å². The Morgan fingerprint density at radius 3 is 2.69 bits per heavy atom. The SMILES string of the molecule is Cc1cc(=O)c2cc3c(c([NH+]4C=C5N=CC=C5C4)c2o1)OC(C)(CCCO)C(OOCC(O)C(O)(C[NH+]1CC=C2N=CC=C21)C(O)C(O)CO)C3. The summed E-state index contributed by atoms with van der Waals surface area (Å²) < 4.78 is 13.0. The molecule has 15 heteroatoms. The summed E-state index contributed by atoms with van der Waals surface area (Å²) in [5.74, 6) is 0.979. The van der Waals surface area contributed by atoms with Crippen LogP contribution in [0.1, 0.15) is 31.1 Å². The molecule has 8 atom stereocenters. The summed E-state index contributed by atoms with van der Waals surface area (Å²) in [5, 5.41) is 64.0. The molecular weight excluding hydrogens is 664 g/mol. The average Bonchev–Trinajstić information content (AvgIpc) is 3.90. The number of hydrogen-bond donors (Lipinski definition) is 8. The van der Waals surface area contributed by atoms with E-state index < -0.39 is 48.8 Å². The topological polar surface area (TPSA) is 213 Å². The van der Waals surface area contributed by atoms with Crippen LogP contribution in [-0.4, -0.2) is 118 Å². The van der Waals surface area contributed by atoms with Crippen LogP contribution in [0.25, 0.3) is 11.0 Å². The molecule has 15 nitrogen and oxygen atoms in total. The highest BCUT2D eigenvalue weighted by Gasteiger charge is 2.52. The Bertz CT molecular complexity index is 1950. The Morgan fingerprint density at radius 1 is 1.14 bits per heavy atom. The molecule has 0 saturated carbocycles. The lowest BCUT2D eigenvalue weighted by Crippen LogP contribution is -3.11. The van der Waals surface area contributed by atoms with Crippen LogP contribution in [-0.2, 0) is 16.2 Å². The van der Waals surface area contributed by atoms with E-state index in [9.17, 15) is 35.4 Å². The number of quaternary nitrogens is 2. The minimum atomic E-state index is -2.34. The van der Waals surface area contributed by atoms with E-state index in [4.69, 9.17) is 18.9 Å². The summed E-state index contributed by atoms with van der Waals surface area (Å²) in [6, 6.07) is 3.16. The summed E-state index contributed by atoms with van der Waals surface area (Å²) in [6.07, 6.45) is 5.55. The lowest BCUT2D eigenvalue weighted by molar-refractivity contribution is -0.856. The van der Waals surface area contributed by atoms with E-state index >= 15 is 0 Å². The van der Waals surface area contributed by atoms with Gasteiger partial charge >= 0.3 is 0 Å². The highest BCUT2D eigenvalue weighted by atomic mass is 17.2. The first-order valence-electron chi connectivity index (χ1n) is 17.1. The molecule has 8 unspecified atom stereocenters. The van der Waals surface area contributed by atoms with Crippen LogP contribution in [0.4, 0.5) is 5.69 Å². The number of benzene rings is 1. The van der Waals surface area contributed by atoms with Crippen LogP contribution in [0.15, 0.2) is 78.4 Å². The molecule has 0 radical (unpaired) electrons. The van der Waals surface area contributed by atoms with Crippen molar-refractivity contribution in [2.24, 2.45) is 9.98 Å². The number of allylic oxidation sites excluding steroid dienone is 2. The van der Waals surface area contributed by atoms with E-state index in [1.54, 1.807) is 31.5 Å². The first kappa shape index (κ1) is 35.5. The van der Waals surface area contributed by atoms with Gasteiger partial charge in [0.1, 0.15) is 79.6 Å². The van der Waals surface area contributed by atoms with E-state index in [0.29, 0.717) is 64.6 Å². The van der Waals surface area contributed by atoms with Crippen molar-refractivity contribution in [3.8, 4) is 5.75 Å². The van der Waals surface area contributed by atoms with Gasteiger partial charge in [-0.05, 0) is 38.8 Å². The zero-order valence-electron chi connectivity index (χ0n) is 28.4. The normalized spacial score (nSPS) is 27.6. The standard InChI is InChI=1S/C36H42N4O11/c1-20-12-27(43)23-13-22-14-30(35(2,7-3-11-41)50-32(22)31(33(23)49-20)40-15-21-4-8-38-25(21)16-40)51-48-18-29(45)36(47,34(46)28(44)17-42)19-39-10-6-24-26(39)5-9-37-24/h4-6,8-9,12-13,16,28-30,34,41-42,44-47H,3,7,10-11,14-15,17-19H2,1-2H3/p+2. The van der Waals surface area contributed by atoms with E-state index in [-0.39, 0.29) is 25.0 Å². The van der Waals surface area contributed by atoms with E-state index in [1.165, 1.54) is 6.07 Å². The van der Waals surface area contributed by atoms with Crippen LogP contribution >= 0.6 is 0 Å². The lowest BCUT2D eigenvalue weighted by atomic mass is 9.85. The Kier molecular flexibility index (Phi) is 9.70. The van der Waals surface area contributed by atoms with Gasteiger partial charge < -0.3 is 39.8 Å². The van der Waals surface area contributed by atoms with Gasteiger partial charge in [-0.2, -0.15) is 0 Å². The van der Waals surface area contributed by atoms with Gasteiger partial charge in [0, 0.05) is 54.8 Å². The van der Waals surface area contributed by atoms with Crippen molar-refractivity contribution in [3.63, 3.8) is 0 Å². The Balaban J connectivity index is 1.16. The van der Waals surface area contributed by atoms with Gasteiger partial charge in [-0.1, -0.05) is 0 Å². The summed E-state index contributed by atoms with van der Waals surface area (Å²) in [7, 11) is 0. The first-order chi connectivity index (χ1) is 24.5. The molecule has 5 aliphatic heterocycles. The third kappa shape index (κ3) is 6.44. The maximum atomic E-state index is 13.3. The number of ether oxygens (including phenoxy) is 1. The van der Waals surface area contributed by atoms with Crippen LogP contribution in [0.3, 0.4) is 0 Å². The Morgan fingerprint density at radius 2 is 1.92 bits per heavy atom. The number of fused-ring (bicyclic) bond motifs is 4. The quantitative estimate of drug-likeness (QED) is 0.0781. The fourth-order valence-corrected chi connectivity index (χ4v) is 7.57. The van der Waals surface area contributed by atoms with Gasteiger partial charge in [-0.3, -0.25) is 24.6 Å². The predicted octanol–water partition coefficient (Wildman–Crippen LogP) is -2.18. The second-order valence-electron chi connectivity index (χ2n) is 14.0. The molecule has 0 bridgehead atoms. The fourth-order valence-electron chi connectivity index (χ4n) is 7.57. The highest BCUT2D eigenvalue weighted by molar-refractivity contribution is 5.90. The molecule has 6 heterocycles. The molecule has 1 aromatic heterocycles. The minimum absolute atomic E-state index is 0.110. The van der Waals surface area contributed by atoms with Gasteiger partial charge in [-0.15, -0.1) is 0 Å². The number of nitrogens with one attached hydrogen (secondary N) is 2. The minimum Gasteiger partial charge on any atom is -0.478 e. The number of rotatable bonds is 14. The van der Waals surface area contributed by atoms with Crippen molar-refractivity contribution in [3.05, 3.63) is 80.8 Å². The van der Waals surface area contributed by atoms with E-state index in [0.717, 1.165) is 27.6 Å². The van der Waals surface area contributed by atoms with Crippen molar-refractivity contribution in [1.29, 1.82) is 0 Å². The third-order valence-electron chi connectivity index (χ3n) is 10.5. The van der Waals surface area contributed by atoms with Gasteiger partial charge in [-0.25, -0.2) is 9.78 Å². The molecule has 1 aromatic carbocycles. The summed E-state index contributed by atoms with van der Waals surface area (Å²) in [4.78, 5) is 35.1. The monoisotopic (exact) mass is 708 g/mol. The summed E-state index contributed by atoms with van der Waals surface area (Å²) in [5.41, 5.74) is 1.46. The van der Waals surface area contributed by atoms with Crippen LogP contribution in [0, 0.1) is 6.92 Å². The number of aliphatic hydroxyl groups is 6. The Labute approximate surface area is 292 Å². The molecule has 0 saturated heterocycles. The number of hydrogen-bond acceptors (Lipinski definition) is 13. The average molecular weight is 709 g/mol. The highest BCUT2D eigenvalue weighted by Crippen LogP contribution is 2.44. The zero-order chi connectivity index (χ0) is 36.1. The zero-order valence-corrected chi connectivity index (χ0v) is 28.4. The predicted molar refractivity (Wildman–Crippen MR) is 183 cm³/mol. The van der Waals surface area contributed by atoms with Crippen molar-refractivity contribution in [1.82, 2.24) is 0 Å². The molecule has 2 aromatic rings. The largest absolute Gasteiger partial charge is 0.478 e. The van der Waals surface area contributed by atoms with Crippen molar-refractivity contribution >= 4 is 29.1 Å². The molecular formula is C36H44N4O11+2. The lowest BCUT2D eigenvalue weighted by Gasteiger charge is -2.42. The van der Waals surface area contributed by atoms with Crippen molar-refractivity contribution < 1.29 is 59.4 Å². The maximum Gasteiger partial charge on any atom is 0.222 e. The molecule has 0 fully saturated rings. The second-order valence-corrected chi connectivity index (χ2v) is 14.0. The Hall–Kier alpha value is -3.87. The molecule has 0 aliphatic carbocycles. The van der Waals surface area contributed by atoms with Crippen molar-refractivity contribution in [2.45, 2.75) is 68.7 Å². The molecule has 7 rings (SSSR count). The van der Waals surface area contributed by atoms with Crippen molar-refractivity contribution in [2.75, 3.05) is 39.5 Å². The number of aryl methyl sites for hydroxylation is 1. The number of aliphatic imine (C=N–C) groups is 2. The van der Waals surface area contributed by atoms with E-state index in [2.05, 4.69) is 9.98 Å². The van der Waals surface area contributed by atoms with Gasteiger partial charge in [0.25, 0.3) is 0 Å². The summed E-state index contributed by atoms with van der Waals surface area (Å²) in [6.45, 7) is 2.71. The van der Waals surface area contributed by atoms with Gasteiger partial charge in [0.05, 0.1) is 12.0 Å². The third-order valence-corrected chi connectivity index (χ3v) is 10.5. The van der Waals surface area contributed by atoms with Crippen LogP contribution < -0.4 is 20.0 Å². The van der Waals surface area contributed by atoms with Crippen LogP contribution in [0.5, 0.6) is 5.75 Å². The molecule has 0 amide bonds. The molecule has 5 aliphatic rings. The van der Waals surface area contributed by atoms with Crippen LogP contribution in [0.2, 0.25) is 0 Å². The van der Waals surface area contributed by atoms with Gasteiger partial charge in [0.15, 0.2) is 22.5 Å². The first-order valence-corrected chi connectivity index (χ1v) is 17.1. The maximum absolute atomic E-state index is 13.3. The molecule has 272 valence electrons. The molecule has 8 N–H and O–H groups in total. The smallest absolute Gasteiger partial charge is 0.222 e. The molecule has 0 spiro atoms. The number of aliphatic hydroxyl groups excluding tert-OH is 5. The fraction of sp³-hybridized carbons (Fsp3) is 0.472. The van der Waals surface area contributed by atoms with E-state index in [1.807, 2.05) is 25.3 Å².